The van der Waals surface area contributed by atoms with Crippen LogP contribution in [0, 0.1) is 0 Å². The van der Waals surface area contributed by atoms with Crippen LogP contribution in [0.1, 0.15) is 15.9 Å². The smallest absolute Gasteiger partial charge is 0.279 e. The lowest BCUT2D eigenvalue weighted by Gasteiger charge is -2.25. The summed E-state index contributed by atoms with van der Waals surface area (Å²) >= 11 is 0. The fraction of sp³-hybridized carbons (Fsp3) is 0.286. The lowest BCUT2D eigenvalue weighted by Crippen LogP contribution is -2.44. The van der Waals surface area contributed by atoms with E-state index in [1.165, 1.54) is 27.6 Å². The molecule has 0 fully saturated rings. The van der Waals surface area contributed by atoms with Crippen molar-refractivity contribution in [1.82, 2.24) is 0 Å². The summed E-state index contributed by atoms with van der Waals surface area (Å²) in [7, 11) is 6.01. The fourth-order valence-corrected chi connectivity index (χ4v) is 3.55. The lowest BCUT2D eigenvalue weighted by molar-refractivity contribution is -0.116. The van der Waals surface area contributed by atoms with E-state index < -0.39 is 5.79 Å². The highest BCUT2D eigenvalue weighted by molar-refractivity contribution is 6.15. The van der Waals surface area contributed by atoms with Crippen LogP contribution < -0.4 is 18.9 Å². The molecular weight excluding hydrogens is 364 g/mol. The molecule has 0 N–H and O–H groups in total. The first-order valence-electron chi connectivity index (χ1n) is 8.65. The minimum atomic E-state index is -1.51. The molecule has 0 saturated carbocycles. The highest BCUT2D eigenvalue weighted by Gasteiger charge is 2.52. The van der Waals surface area contributed by atoms with Gasteiger partial charge in [-0.3, -0.25) is 4.79 Å². The average molecular weight is 384 g/mol. The standard InChI is InChI=1S/C21H20O7/c1-23-13-7-5-12(6-8-13)11-21(26-4)20(22)15-16(28-21)14-9-10-27-17(14)19(25-3)18(15)24-2/h5-10H,11H2,1-4H3. The number of ether oxygens (including phenoxy) is 5. The van der Waals surface area contributed by atoms with Crippen LogP contribution in [0.2, 0.25) is 0 Å². The summed E-state index contributed by atoms with van der Waals surface area (Å²) in [6, 6.07) is 9.10. The van der Waals surface area contributed by atoms with E-state index in [2.05, 4.69) is 0 Å². The molecule has 4 rings (SSSR count). The van der Waals surface area contributed by atoms with Crippen LogP contribution in [0.3, 0.4) is 0 Å². The Labute approximate surface area is 161 Å². The number of fused-ring (bicyclic) bond motifs is 3. The molecule has 0 aliphatic carbocycles. The molecule has 1 aliphatic heterocycles. The van der Waals surface area contributed by atoms with Gasteiger partial charge in [0, 0.05) is 13.5 Å². The number of carbonyl (C=O) groups excluding carboxylic acids is 1. The third-order valence-electron chi connectivity index (χ3n) is 4.95. The summed E-state index contributed by atoms with van der Waals surface area (Å²) in [5, 5.41) is 0.620. The van der Waals surface area contributed by atoms with E-state index >= 15 is 0 Å². The molecule has 2 aromatic carbocycles. The van der Waals surface area contributed by atoms with Gasteiger partial charge in [-0.2, -0.15) is 0 Å². The van der Waals surface area contributed by atoms with E-state index in [4.69, 9.17) is 28.1 Å². The molecule has 0 bridgehead atoms. The zero-order valence-corrected chi connectivity index (χ0v) is 16.0. The van der Waals surface area contributed by atoms with Crippen LogP contribution in [0.15, 0.2) is 41.0 Å². The monoisotopic (exact) mass is 384 g/mol. The maximum atomic E-state index is 13.4. The Morgan fingerprint density at radius 2 is 1.64 bits per heavy atom. The number of Topliss-reactive ketones (excluding diaryl/α,β-unsaturated/α-hetero) is 1. The highest BCUT2D eigenvalue weighted by Crippen LogP contribution is 2.52. The van der Waals surface area contributed by atoms with Crippen LogP contribution >= 0.6 is 0 Å². The van der Waals surface area contributed by atoms with Gasteiger partial charge in [-0.25, -0.2) is 0 Å². The van der Waals surface area contributed by atoms with Crippen molar-refractivity contribution in [2.45, 2.75) is 12.2 Å². The third-order valence-corrected chi connectivity index (χ3v) is 4.95. The van der Waals surface area contributed by atoms with Gasteiger partial charge in [0.05, 0.1) is 33.0 Å². The largest absolute Gasteiger partial charge is 0.497 e. The van der Waals surface area contributed by atoms with Crippen molar-refractivity contribution < 1.29 is 32.9 Å². The first kappa shape index (κ1) is 18.2. The summed E-state index contributed by atoms with van der Waals surface area (Å²) in [4.78, 5) is 13.4. The molecule has 1 atom stereocenters. The first-order chi connectivity index (χ1) is 13.6. The van der Waals surface area contributed by atoms with Crippen LogP contribution in [-0.2, 0) is 11.2 Å². The summed E-state index contributed by atoms with van der Waals surface area (Å²) in [6.07, 6.45) is 1.73. The molecule has 7 nitrogen and oxygen atoms in total. The van der Waals surface area contributed by atoms with Gasteiger partial charge in [0.2, 0.25) is 11.5 Å². The second-order valence-corrected chi connectivity index (χ2v) is 6.35. The van der Waals surface area contributed by atoms with E-state index in [0.29, 0.717) is 22.5 Å². The number of hydrogen-bond donors (Lipinski definition) is 0. The topological polar surface area (TPSA) is 76.4 Å². The Balaban J connectivity index is 1.84. The molecule has 146 valence electrons. The Morgan fingerprint density at radius 3 is 2.25 bits per heavy atom. The number of benzene rings is 2. The van der Waals surface area contributed by atoms with Gasteiger partial charge in [-0.05, 0) is 23.8 Å². The predicted molar refractivity (Wildman–Crippen MR) is 101 cm³/mol. The van der Waals surface area contributed by atoms with E-state index in [9.17, 15) is 4.79 Å². The minimum Gasteiger partial charge on any atom is -0.497 e. The second-order valence-electron chi connectivity index (χ2n) is 6.35. The van der Waals surface area contributed by atoms with Crippen molar-refractivity contribution in [1.29, 1.82) is 0 Å². The quantitative estimate of drug-likeness (QED) is 0.642. The van der Waals surface area contributed by atoms with Crippen molar-refractivity contribution >= 4 is 16.8 Å². The van der Waals surface area contributed by atoms with Crippen molar-refractivity contribution in [2.75, 3.05) is 28.4 Å². The van der Waals surface area contributed by atoms with Gasteiger partial charge in [0.1, 0.15) is 17.1 Å². The molecule has 7 heteroatoms. The maximum Gasteiger partial charge on any atom is 0.279 e. The number of carbonyl (C=O) groups is 1. The molecule has 1 aliphatic rings. The summed E-state index contributed by atoms with van der Waals surface area (Å²) in [6.45, 7) is 0. The van der Waals surface area contributed by atoms with Gasteiger partial charge in [0.15, 0.2) is 11.3 Å². The molecule has 28 heavy (non-hydrogen) atoms. The molecule has 0 spiro atoms. The summed E-state index contributed by atoms with van der Waals surface area (Å²) in [5.74, 6) is -0.154. The van der Waals surface area contributed by atoms with Gasteiger partial charge < -0.3 is 28.1 Å². The van der Waals surface area contributed by atoms with Crippen molar-refractivity contribution in [3.05, 3.63) is 47.7 Å². The van der Waals surface area contributed by atoms with Gasteiger partial charge in [-0.15, -0.1) is 0 Å². The number of ketones is 1. The molecule has 0 amide bonds. The van der Waals surface area contributed by atoms with Crippen LogP contribution in [0.5, 0.6) is 23.0 Å². The van der Waals surface area contributed by atoms with E-state index in [1.54, 1.807) is 13.2 Å². The molecular formula is C21H20O7. The van der Waals surface area contributed by atoms with Gasteiger partial charge in [-0.1, -0.05) is 12.1 Å². The van der Waals surface area contributed by atoms with Gasteiger partial charge in [0.25, 0.3) is 5.79 Å². The average Bonchev–Trinajstić information content (AvgIpc) is 3.31. The van der Waals surface area contributed by atoms with Gasteiger partial charge >= 0.3 is 0 Å². The Bertz CT molecular complexity index is 1040. The Kier molecular flexibility index (Phi) is 4.39. The fourth-order valence-electron chi connectivity index (χ4n) is 3.55. The van der Waals surface area contributed by atoms with E-state index in [-0.39, 0.29) is 23.5 Å². The molecule has 1 aromatic heterocycles. The zero-order valence-electron chi connectivity index (χ0n) is 16.0. The van der Waals surface area contributed by atoms with Crippen molar-refractivity contribution in [2.24, 2.45) is 0 Å². The summed E-state index contributed by atoms with van der Waals surface area (Å²) in [5.41, 5.74) is 1.59. The number of rotatable bonds is 6. The molecule has 0 saturated heterocycles. The number of hydrogen-bond acceptors (Lipinski definition) is 7. The Morgan fingerprint density at radius 1 is 0.929 bits per heavy atom. The lowest BCUT2D eigenvalue weighted by atomic mass is 9.97. The van der Waals surface area contributed by atoms with E-state index in [0.717, 1.165) is 11.3 Å². The SMILES string of the molecule is COc1ccc(CC2(OC)Oc3c(c(OC)c(OC)c4occc34)C2=O)cc1. The third kappa shape index (κ3) is 2.51. The zero-order chi connectivity index (χ0) is 19.9. The maximum absolute atomic E-state index is 13.4. The normalized spacial score (nSPS) is 18.1. The van der Waals surface area contributed by atoms with Crippen molar-refractivity contribution in [3.8, 4) is 23.0 Å². The van der Waals surface area contributed by atoms with Crippen LogP contribution in [0.25, 0.3) is 11.0 Å². The number of furan rings is 1. The highest BCUT2D eigenvalue weighted by atomic mass is 16.7. The first-order valence-corrected chi connectivity index (χ1v) is 8.65. The molecule has 1 unspecified atom stereocenters. The Hall–Kier alpha value is -3.19. The second kappa shape index (κ2) is 6.76. The molecule has 3 aromatic rings. The van der Waals surface area contributed by atoms with Crippen LogP contribution in [-0.4, -0.2) is 40.0 Å². The van der Waals surface area contributed by atoms with Crippen molar-refractivity contribution in [3.63, 3.8) is 0 Å². The minimum absolute atomic E-state index is 0.214. The predicted octanol–water partition coefficient (Wildman–Crippen LogP) is 3.62. The summed E-state index contributed by atoms with van der Waals surface area (Å²) < 4.78 is 33.4. The number of methoxy groups -OCH3 is 4. The van der Waals surface area contributed by atoms with E-state index in [1.807, 2.05) is 24.3 Å². The van der Waals surface area contributed by atoms with Crippen LogP contribution in [0.4, 0.5) is 0 Å². The molecule has 2 heterocycles. The molecule has 0 radical (unpaired) electrons.